The largest absolute Gasteiger partial charge is 0.416 e. The highest BCUT2D eigenvalue weighted by Gasteiger charge is 2.29. The van der Waals surface area contributed by atoms with Gasteiger partial charge >= 0.3 is 6.18 Å². The van der Waals surface area contributed by atoms with E-state index in [0.29, 0.717) is 32.1 Å². The highest BCUT2D eigenvalue weighted by Crippen LogP contribution is 2.29. The van der Waals surface area contributed by atoms with Crippen molar-refractivity contribution < 1.29 is 18.0 Å². The zero-order valence-corrected chi connectivity index (χ0v) is 18.4. The molecule has 0 radical (unpaired) electrons. The van der Waals surface area contributed by atoms with E-state index in [1.807, 2.05) is 32.7 Å². The number of aliphatic imine (C=N–C) groups is 1. The van der Waals surface area contributed by atoms with Gasteiger partial charge in [0.05, 0.1) is 12.1 Å². The standard InChI is InChI=1S/C18H27F3N4O.HI/c1-5-22-17(24-11-10-23-16(26)13(2)3)25(4)12-14-6-8-15(9-7-14)18(19,20)21;/h6-9,13H,5,10-12H2,1-4H3,(H,22,24)(H,23,26);1H. The molecule has 9 heteroatoms. The lowest BCUT2D eigenvalue weighted by atomic mass is 10.1. The summed E-state index contributed by atoms with van der Waals surface area (Å²) in [7, 11) is 1.81. The summed E-state index contributed by atoms with van der Waals surface area (Å²) >= 11 is 0. The summed E-state index contributed by atoms with van der Waals surface area (Å²) in [6, 6.07) is 5.08. The van der Waals surface area contributed by atoms with Crippen LogP contribution in [0.2, 0.25) is 0 Å². The Kier molecular flexibility index (Phi) is 11.4. The molecule has 0 heterocycles. The molecule has 0 atom stereocenters. The Morgan fingerprint density at radius 1 is 1.19 bits per heavy atom. The lowest BCUT2D eigenvalue weighted by Gasteiger charge is -2.22. The van der Waals surface area contributed by atoms with Crippen LogP contribution in [0.25, 0.3) is 0 Å². The summed E-state index contributed by atoms with van der Waals surface area (Å²) in [5, 5.41) is 5.92. The lowest BCUT2D eigenvalue weighted by Crippen LogP contribution is -2.39. The fourth-order valence-electron chi connectivity index (χ4n) is 2.16. The molecule has 0 unspecified atom stereocenters. The summed E-state index contributed by atoms with van der Waals surface area (Å²) < 4.78 is 37.9. The van der Waals surface area contributed by atoms with Crippen LogP contribution < -0.4 is 10.6 Å². The molecule has 5 nitrogen and oxygen atoms in total. The highest BCUT2D eigenvalue weighted by molar-refractivity contribution is 14.0. The molecule has 1 aromatic rings. The number of hydrogen-bond donors (Lipinski definition) is 2. The van der Waals surface area contributed by atoms with Crippen LogP contribution in [0.1, 0.15) is 31.9 Å². The zero-order valence-electron chi connectivity index (χ0n) is 16.1. The number of benzene rings is 1. The zero-order chi connectivity index (χ0) is 19.7. The van der Waals surface area contributed by atoms with Crippen molar-refractivity contribution >= 4 is 35.8 Å². The van der Waals surface area contributed by atoms with Crippen molar-refractivity contribution in [1.29, 1.82) is 0 Å². The quantitative estimate of drug-likeness (QED) is 0.261. The van der Waals surface area contributed by atoms with E-state index in [4.69, 9.17) is 0 Å². The predicted octanol–water partition coefficient (Wildman–Crippen LogP) is 3.49. The van der Waals surface area contributed by atoms with Crippen LogP contribution in [0.3, 0.4) is 0 Å². The molecule has 0 aliphatic rings. The molecule has 0 bridgehead atoms. The molecule has 0 aliphatic carbocycles. The predicted molar refractivity (Wildman–Crippen MR) is 112 cm³/mol. The van der Waals surface area contributed by atoms with Gasteiger partial charge < -0.3 is 15.5 Å². The van der Waals surface area contributed by atoms with Gasteiger partial charge in [-0.05, 0) is 24.6 Å². The Labute approximate surface area is 175 Å². The smallest absolute Gasteiger partial charge is 0.357 e. The first-order valence-corrected chi connectivity index (χ1v) is 8.58. The van der Waals surface area contributed by atoms with Crippen molar-refractivity contribution in [3.8, 4) is 0 Å². The monoisotopic (exact) mass is 500 g/mol. The summed E-state index contributed by atoms with van der Waals surface area (Å²) in [6.45, 7) is 7.50. The highest BCUT2D eigenvalue weighted by atomic mass is 127. The molecule has 0 saturated heterocycles. The minimum Gasteiger partial charge on any atom is -0.357 e. The molecule has 0 saturated carbocycles. The molecule has 0 fully saturated rings. The van der Waals surface area contributed by atoms with Crippen molar-refractivity contribution in [3.05, 3.63) is 35.4 Å². The van der Waals surface area contributed by atoms with Crippen molar-refractivity contribution in [2.24, 2.45) is 10.9 Å². The minimum absolute atomic E-state index is 0. The van der Waals surface area contributed by atoms with Crippen LogP contribution in [0.15, 0.2) is 29.3 Å². The second-order valence-electron chi connectivity index (χ2n) is 6.23. The van der Waals surface area contributed by atoms with Gasteiger partial charge in [-0.25, -0.2) is 0 Å². The number of carbonyl (C=O) groups is 1. The Morgan fingerprint density at radius 3 is 2.26 bits per heavy atom. The van der Waals surface area contributed by atoms with Gasteiger partial charge in [0, 0.05) is 32.6 Å². The third-order valence-electron chi connectivity index (χ3n) is 3.59. The van der Waals surface area contributed by atoms with Gasteiger partial charge in [-0.15, -0.1) is 24.0 Å². The number of nitrogens with one attached hydrogen (secondary N) is 2. The summed E-state index contributed by atoms with van der Waals surface area (Å²) in [5.41, 5.74) is 0.0876. The van der Waals surface area contributed by atoms with Gasteiger partial charge in [-0.1, -0.05) is 26.0 Å². The van der Waals surface area contributed by atoms with E-state index in [-0.39, 0.29) is 35.8 Å². The Morgan fingerprint density at radius 2 is 1.78 bits per heavy atom. The maximum Gasteiger partial charge on any atom is 0.416 e. The first kappa shape index (κ1) is 25.5. The van der Waals surface area contributed by atoms with E-state index in [1.54, 1.807) is 0 Å². The average Bonchev–Trinajstić information content (AvgIpc) is 2.56. The second kappa shape index (κ2) is 12.0. The fourth-order valence-corrected chi connectivity index (χ4v) is 2.16. The van der Waals surface area contributed by atoms with Crippen molar-refractivity contribution in [1.82, 2.24) is 15.5 Å². The number of rotatable bonds is 7. The number of amides is 1. The fraction of sp³-hybridized carbons (Fsp3) is 0.556. The molecule has 0 aliphatic heterocycles. The molecular formula is C18H28F3IN4O. The van der Waals surface area contributed by atoms with Crippen LogP contribution in [0.4, 0.5) is 13.2 Å². The van der Waals surface area contributed by atoms with Crippen LogP contribution in [-0.4, -0.2) is 43.4 Å². The van der Waals surface area contributed by atoms with E-state index in [9.17, 15) is 18.0 Å². The number of carbonyl (C=O) groups excluding carboxylic acids is 1. The van der Waals surface area contributed by atoms with Gasteiger partial charge in [0.25, 0.3) is 0 Å². The van der Waals surface area contributed by atoms with Gasteiger partial charge in [-0.2, -0.15) is 13.2 Å². The second-order valence-corrected chi connectivity index (χ2v) is 6.23. The molecule has 1 aromatic carbocycles. The molecular weight excluding hydrogens is 472 g/mol. The SMILES string of the molecule is CCNC(=NCCNC(=O)C(C)C)N(C)Cc1ccc(C(F)(F)F)cc1.I. The van der Waals surface area contributed by atoms with E-state index in [1.165, 1.54) is 12.1 Å². The minimum atomic E-state index is -4.33. The molecule has 2 N–H and O–H groups in total. The summed E-state index contributed by atoms with van der Waals surface area (Å²) in [6.07, 6.45) is -4.33. The average molecular weight is 500 g/mol. The normalized spacial score (nSPS) is 11.8. The van der Waals surface area contributed by atoms with Crippen LogP contribution in [0.5, 0.6) is 0 Å². The van der Waals surface area contributed by atoms with Crippen LogP contribution >= 0.6 is 24.0 Å². The third kappa shape index (κ3) is 9.30. The Hall–Kier alpha value is -1.52. The van der Waals surface area contributed by atoms with Crippen LogP contribution in [0, 0.1) is 5.92 Å². The first-order chi connectivity index (χ1) is 12.1. The molecule has 27 heavy (non-hydrogen) atoms. The van der Waals surface area contributed by atoms with E-state index in [0.717, 1.165) is 17.7 Å². The number of alkyl halides is 3. The molecule has 0 spiro atoms. The molecule has 1 rings (SSSR count). The van der Waals surface area contributed by atoms with Gasteiger partial charge in [0.2, 0.25) is 5.91 Å². The summed E-state index contributed by atoms with van der Waals surface area (Å²) in [5.74, 6) is 0.532. The number of hydrogen-bond acceptors (Lipinski definition) is 2. The maximum atomic E-state index is 12.6. The van der Waals surface area contributed by atoms with Gasteiger partial charge in [0.15, 0.2) is 5.96 Å². The van der Waals surface area contributed by atoms with Gasteiger partial charge in [-0.3, -0.25) is 9.79 Å². The number of nitrogens with zero attached hydrogens (tertiary/aromatic N) is 2. The van der Waals surface area contributed by atoms with E-state index >= 15 is 0 Å². The van der Waals surface area contributed by atoms with Crippen molar-refractivity contribution in [2.45, 2.75) is 33.5 Å². The van der Waals surface area contributed by atoms with Crippen molar-refractivity contribution in [2.75, 3.05) is 26.7 Å². The third-order valence-corrected chi connectivity index (χ3v) is 3.59. The van der Waals surface area contributed by atoms with E-state index in [2.05, 4.69) is 15.6 Å². The topological polar surface area (TPSA) is 56.7 Å². The number of guanidine groups is 1. The lowest BCUT2D eigenvalue weighted by molar-refractivity contribution is -0.137. The van der Waals surface area contributed by atoms with E-state index < -0.39 is 11.7 Å². The van der Waals surface area contributed by atoms with Crippen LogP contribution in [-0.2, 0) is 17.5 Å². The number of halogens is 4. The Bertz CT molecular complexity index is 604. The molecule has 1 amide bonds. The Balaban J connectivity index is 0.00000676. The molecule has 154 valence electrons. The summed E-state index contributed by atoms with van der Waals surface area (Å²) in [4.78, 5) is 17.8. The van der Waals surface area contributed by atoms with Crippen molar-refractivity contribution in [3.63, 3.8) is 0 Å². The van der Waals surface area contributed by atoms with Gasteiger partial charge in [0.1, 0.15) is 0 Å². The first-order valence-electron chi connectivity index (χ1n) is 8.58. The molecule has 0 aromatic heterocycles. The maximum absolute atomic E-state index is 12.6.